The summed E-state index contributed by atoms with van der Waals surface area (Å²) >= 11 is 0. The maximum atomic E-state index is 12.2. The van der Waals surface area contributed by atoms with E-state index in [-0.39, 0.29) is 12.5 Å². The number of aryl methyl sites for hydroxylation is 1. The first kappa shape index (κ1) is 16.9. The number of rotatable bonds is 4. The number of esters is 1. The van der Waals surface area contributed by atoms with Crippen LogP contribution in [0, 0.1) is 6.92 Å². The van der Waals surface area contributed by atoms with Gasteiger partial charge in [0.2, 0.25) is 5.95 Å². The minimum atomic E-state index is -0.478. The van der Waals surface area contributed by atoms with Crippen molar-refractivity contribution in [2.45, 2.75) is 6.92 Å². The molecule has 0 spiro atoms. The average molecular weight is 340 g/mol. The number of benzene rings is 1. The van der Waals surface area contributed by atoms with E-state index in [0.29, 0.717) is 37.7 Å². The van der Waals surface area contributed by atoms with Crippen molar-refractivity contribution in [2.24, 2.45) is 0 Å². The van der Waals surface area contributed by atoms with E-state index in [9.17, 15) is 9.59 Å². The SMILES string of the molecule is Cc1cccc(C(=O)OCC(=O)N2CCN(c3ncccn3)CC2)c1. The van der Waals surface area contributed by atoms with Gasteiger partial charge in [-0.1, -0.05) is 17.7 Å². The topological polar surface area (TPSA) is 75.6 Å². The molecule has 0 radical (unpaired) electrons. The van der Waals surface area contributed by atoms with E-state index in [1.54, 1.807) is 41.6 Å². The highest BCUT2D eigenvalue weighted by atomic mass is 16.5. The number of aromatic nitrogens is 2. The summed E-state index contributed by atoms with van der Waals surface area (Å²) in [6.07, 6.45) is 3.40. The minimum absolute atomic E-state index is 0.186. The molecule has 130 valence electrons. The zero-order chi connectivity index (χ0) is 17.6. The van der Waals surface area contributed by atoms with Gasteiger partial charge < -0.3 is 14.5 Å². The van der Waals surface area contributed by atoms with Crippen LogP contribution in [0.3, 0.4) is 0 Å². The normalized spacial score (nSPS) is 14.3. The molecule has 0 saturated carbocycles. The molecule has 0 unspecified atom stereocenters. The molecule has 2 aromatic rings. The van der Waals surface area contributed by atoms with Crippen LogP contribution in [0.2, 0.25) is 0 Å². The molecule has 1 aliphatic rings. The molecule has 25 heavy (non-hydrogen) atoms. The monoisotopic (exact) mass is 340 g/mol. The fourth-order valence-corrected chi connectivity index (χ4v) is 2.68. The van der Waals surface area contributed by atoms with Crippen LogP contribution < -0.4 is 4.90 Å². The predicted octanol–water partition coefficient (Wildman–Crippen LogP) is 1.29. The van der Waals surface area contributed by atoms with Gasteiger partial charge in [0, 0.05) is 38.6 Å². The van der Waals surface area contributed by atoms with Crippen molar-refractivity contribution in [1.29, 1.82) is 0 Å². The van der Waals surface area contributed by atoms with E-state index in [4.69, 9.17) is 4.74 Å². The maximum absolute atomic E-state index is 12.2. The standard InChI is InChI=1S/C18H20N4O3/c1-14-4-2-5-15(12-14)17(24)25-13-16(23)21-8-10-22(11-9-21)18-19-6-3-7-20-18/h2-7,12H,8-11,13H2,1H3. The molecule has 7 heteroatoms. The summed E-state index contributed by atoms with van der Waals surface area (Å²) in [5.41, 5.74) is 1.43. The van der Waals surface area contributed by atoms with Gasteiger partial charge in [-0.2, -0.15) is 0 Å². The summed E-state index contributed by atoms with van der Waals surface area (Å²) in [7, 11) is 0. The fourth-order valence-electron chi connectivity index (χ4n) is 2.68. The van der Waals surface area contributed by atoms with Gasteiger partial charge in [0.25, 0.3) is 5.91 Å². The van der Waals surface area contributed by atoms with E-state index < -0.39 is 5.97 Å². The second-order valence-electron chi connectivity index (χ2n) is 5.86. The molecule has 0 atom stereocenters. The van der Waals surface area contributed by atoms with Gasteiger partial charge in [-0.25, -0.2) is 14.8 Å². The molecular weight excluding hydrogens is 320 g/mol. The maximum Gasteiger partial charge on any atom is 0.338 e. The van der Waals surface area contributed by atoms with Crippen LogP contribution in [0.25, 0.3) is 0 Å². The lowest BCUT2D eigenvalue weighted by molar-refractivity contribution is -0.134. The average Bonchev–Trinajstić information content (AvgIpc) is 2.66. The molecule has 1 aromatic carbocycles. The van der Waals surface area contributed by atoms with E-state index in [1.165, 1.54) is 0 Å². The van der Waals surface area contributed by atoms with Crippen LogP contribution in [0.1, 0.15) is 15.9 Å². The van der Waals surface area contributed by atoms with Crippen molar-refractivity contribution in [3.8, 4) is 0 Å². The highest BCUT2D eigenvalue weighted by Gasteiger charge is 2.23. The Morgan fingerprint density at radius 2 is 1.80 bits per heavy atom. The quantitative estimate of drug-likeness (QED) is 0.781. The highest BCUT2D eigenvalue weighted by Crippen LogP contribution is 2.10. The minimum Gasteiger partial charge on any atom is -0.452 e. The Labute approximate surface area is 146 Å². The number of carbonyl (C=O) groups is 2. The van der Waals surface area contributed by atoms with Gasteiger partial charge in [-0.3, -0.25) is 4.79 Å². The Kier molecular flexibility index (Phi) is 5.23. The van der Waals surface area contributed by atoms with Gasteiger partial charge >= 0.3 is 5.97 Å². The summed E-state index contributed by atoms with van der Waals surface area (Å²) in [5.74, 6) is 0.00322. The van der Waals surface area contributed by atoms with E-state index in [2.05, 4.69) is 9.97 Å². The Balaban J connectivity index is 1.47. The summed E-state index contributed by atoms with van der Waals surface area (Å²) in [5, 5.41) is 0. The Morgan fingerprint density at radius 3 is 2.48 bits per heavy atom. The first-order valence-electron chi connectivity index (χ1n) is 8.17. The summed E-state index contributed by atoms with van der Waals surface area (Å²) in [4.78, 5) is 36.4. The molecule has 7 nitrogen and oxygen atoms in total. The lowest BCUT2D eigenvalue weighted by atomic mass is 10.1. The molecule has 1 aliphatic heterocycles. The van der Waals surface area contributed by atoms with E-state index in [0.717, 1.165) is 5.56 Å². The van der Waals surface area contributed by atoms with Gasteiger partial charge in [0.15, 0.2) is 6.61 Å². The number of hydrogen-bond donors (Lipinski definition) is 0. The zero-order valence-corrected chi connectivity index (χ0v) is 14.1. The third-order valence-electron chi connectivity index (χ3n) is 4.05. The molecule has 1 amide bonds. The number of anilines is 1. The Morgan fingerprint density at radius 1 is 1.08 bits per heavy atom. The molecule has 2 heterocycles. The van der Waals surface area contributed by atoms with Crippen LogP contribution in [-0.2, 0) is 9.53 Å². The number of ether oxygens (including phenoxy) is 1. The molecule has 1 fully saturated rings. The lowest BCUT2D eigenvalue weighted by Crippen LogP contribution is -2.50. The Hall–Kier alpha value is -2.96. The number of piperazine rings is 1. The smallest absolute Gasteiger partial charge is 0.338 e. The molecule has 0 bridgehead atoms. The van der Waals surface area contributed by atoms with E-state index in [1.807, 2.05) is 17.9 Å². The third kappa shape index (κ3) is 4.32. The largest absolute Gasteiger partial charge is 0.452 e. The van der Waals surface area contributed by atoms with Gasteiger partial charge in [-0.05, 0) is 25.1 Å². The molecule has 0 N–H and O–H groups in total. The van der Waals surface area contributed by atoms with Crippen molar-refractivity contribution in [3.63, 3.8) is 0 Å². The first-order chi connectivity index (χ1) is 12.1. The van der Waals surface area contributed by atoms with Crippen molar-refractivity contribution < 1.29 is 14.3 Å². The van der Waals surface area contributed by atoms with Gasteiger partial charge in [0.05, 0.1) is 5.56 Å². The lowest BCUT2D eigenvalue weighted by Gasteiger charge is -2.34. The highest BCUT2D eigenvalue weighted by molar-refractivity contribution is 5.91. The van der Waals surface area contributed by atoms with Crippen LogP contribution in [0.5, 0.6) is 0 Å². The van der Waals surface area contributed by atoms with Crippen molar-refractivity contribution in [3.05, 3.63) is 53.9 Å². The number of nitrogens with zero attached hydrogens (tertiary/aromatic N) is 4. The van der Waals surface area contributed by atoms with Crippen LogP contribution >= 0.6 is 0 Å². The Bertz CT molecular complexity index is 743. The van der Waals surface area contributed by atoms with Gasteiger partial charge in [-0.15, -0.1) is 0 Å². The van der Waals surface area contributed by atoms with E-state index >= 15 is 0 Å². The number of carbonyl (C=O) groups excluding carboxylic acids is 2. The third-order valence-corrected chi connectivity index (χ3v) is 4.05. The molecule has 0 aliphatic carbocycles. The van der Waals surface area contributed by atoms with Gasteiger partial charge in [0.1, 0.15) is 0 Å². The zero-order valence-electron chi connectivity index (χ0n) is 14.1. The molecular formula is C18H20N4O3. The van der Waals surface area contributed by atoms with Crippen LogP contribution in [-0.4, -0.2) is 59.5 Å². The molecule has 3 rings (SSSR count). The second-order valence-corrected chi connectivity index (χ2v) is 5.86. The first-order valence-corrected chi connectivity index (χ1v) is 8.17. The summed E-state index contributed by atoms with van der Waals surface area (Å²) in [6.45, 7) is 4.08. The van der Waals surface area contributed by atoms with Crippen LogP contribution in [0.4, 0.5) is 5.95 Å². The summed E-state index contributed by atoms with van der Waals surface area (Å²) < 4.78 is 5.14. The molecule has 1 saturated heterocycles. The summed E-state index contributed by atoms with van der Waals surface area (Å²) in [6, 6.07) is 8.88. The fraction of sp³-hybridized carbons (Fsp3) is 0.333. The number of amides is 1. The van der Waals surface area contributed by atoms with Crippen molar-refractivity contribution in [2.75, 3.05) is 37.7 Å². The molecule has 1 aromatic heterocycles. The van der Waals surface area contributed by atoms with Crippen molar-refractivity contribution in [1.82, 2.24) is 14.9 Å². The van der Waals surface area contributed by atoms with Crippen molar-refractivity contribution >= 4 is 17.8 Å². The second kappa shape index (κ2) is 7.74. The van der Waals surface area contributed by atoms with Crippen LogP contribution in [0.15, 0.2) is 42.7 Å². The predicted molar refractivity (Wildman–Crippen MR) is 92.3 cm³/mol. The number of hydrogen-bond acceptors (Lipinski definition) is 6.